The van der Waals surface area contributed by atoms with Crippen molar-refractivity contribution in [1.82, 2.24) is 14.5 Å². The van der Waals surface area contributed by atoms with E-state index in [1.165, 1.54) is 15.6 Å². The van der Waals surface area contributed by atoms with Crippen LogP contribution in [0.2, 0.25) is 5.02 Å². The molecule has 1 aromatic heterocycles. The zero-order chi connectivity index (χ0) is 22.0. The summed E-state index contributed by atoms with van der Waals surface area (Å²) < 4.78 is 27.6. The Bertz CT molecular complexity index is 1200. The highest BCUT2D eigenvalue weighted by Crippen LogP contribution is 2.32. The van der Waals surface area contributed by atoms with Gasteiger partial charge in [-0.15, -0.1) is 10.2 Å². The minimum absolute atomic E-state index is 0.0980. The van der Waals surface area contributed by atoms with Crippen molar-refractivity contribution < 1.29 is 13.2 Å². The van der Waals surface area contributed by atoms with Crippen molar-refractivity contribution in [3.8, 4) is 0 Å². The Morgan fingerprint density at radius 2 is 1.97 bits per heavy atom. The van der Waals surface area contributed by atoms with Gasteiger partial charge in [-0.2, -0.15) is 4.31 Å². The first-order valence-corrected chi connectivity index (χ1v) is 12.4. The van der Waals surface area contributed by atoms with Crippen LogP contribution < -0.4 is 5.32 Å². The number of sulfonamides is 1. The minimum Gasteiger partial charge on any atom is -0.320 e. The van der Waals surface area contributed by atoms with Gasteiger partial charge < -0.3 is 5.32 Å². The van der Waals surface area contributed by atoms with Crippen molar-refractivity contribution in [2.75, 3.05) is 18.4 Å². The standard InChI is InChI=1S/C21H21ClN4O3S2/c1-14-7-9-18(10-8-14)31(28,29)26-11-3-4-15(13-26)20-24-25-21(30-20)19(27)23-17-6-2-5-16(22)12-17/h2,5-10,12,15H,3-4,11,13H2,1H3,(H,23,27)/t15-/m1/s1. The van der Waals surface area contributed by atoms with Crippen LogP contribution in [0, 0.1) is 6.92 Å². The van der Waals surface area contributed by atoms with Crippen LogP contribution in [0.3, 0.4) is 0 Å². The minimum atomic E-state index is -3.58. The van der Waals surface area contributed by atoms with Crippen molar-refractivity contribution in [1.29, 1.82) is 0 Å². The molecule has 31 heavy (non-hydrogen) atoms. The third-order valence-corrected chi connectivity index (χ3v) is 8.31. The number of halogens is 1. The summed E-state index contributed by atoms with van der Waals surface area (Å²) in [5, 5.41) is 12.4. The lowest BCUT2D eigenvalue weighted by molar-refractivity contribution is 0.102. The molecule has 1 atom stereocenters. The third kappa shape index (κ3) is 4.95. The number of anilines is 1. The molecule has 7 nitrogen and oxygen atoms in total. The van der Waals surface area contributed by atoms with Crippen LogP contribution in [-0.2, 0) is 10.0 Å². The van der Waals surface area contributed by atoms with E-state index in [0.717, 1.165) is 18.4 Å². The first kappa shape index (κ1) is 21.9. The Morgan fingerprint density at radius 3 is 2.71 bits per heavy atom. The number of nitrogens with one attached hydrogen (secondary N) is 1. The molecule has 1 N–H and O–H groups in total. The van der Waals surface area contributed by atoms with Crippen LogP contribution in [0.1, 0.15) is 39.1 Å². The van der Waals surface area contributed by atoms with Crippen molar-refractivity contribution in [2.45, 2.75) is 30.6 Å². The van der Waals surface area contributed by atoms with Crippen molar-refractivity contribution in [3.63, 3.8) is 0 Å². The smallest absolute Gasteiger partial charge is 0.286 e. The fraction of sp³-hybridized carbons (Fsp3) is 0.286. The topological polar surface area (TPSA) is 92.3 Å². The molecule has 162 valence electrons. The molecule has 0 aliphatic carbocycles. The SMILES string of the molecule is Cc1ccc(S(=O)(=O)N2CCC[C@@H](c3nnc(C(=O)Nc4cccc(Cl)c4)s3)C2)cc1. The maximum Gasteiger partial charge on any atom is 0.286 e. The molecule has 1 saturated heterocycles. The van der Waals surface area contributed by atoms with Gasteiger partial charge in [0.1, 0.15) is 5.01 Å². The summed E-state index contributed by atoms with van der Waals surface area (Å²) in [6.07, 6.45) is 1.52. The molecule has 0 spiro atoms. The average Bonchev–Trinajstić information content (AvgIpc) is 3.25. The second-order valence-electron chi connectivity index (χ2n) is 7.43. The summed E-state index contributed by atoms with van der Waals surface area (Å²) in [6.45, 7) is 2.71. The van der Waals surface area contributed by atoms with Gasteiger partial charge >= 0.3 is 0 Å². The Labute approximate surface area is 190 Å². The maximum atomic E-state index is 13.0. The zero-order valence-corrected chi connectivity index (χ0v) is 19.2. The lowest BCUT2D eigenvalue weighted by Crippen LogP contribution is -2.39. The van der Waals surface area contributed by atoms with Crippen LogP contribution in [0.15, 0.2) is 53.4 Å². The van der Waals surface area contributed by atoms with Gasteiger partial charge in [-0.25, -0.2) is 8.42 Å². The highest BCUT2D eigenvalue weighted by atomic mass is 35.5. The number of hydrogen-bond acceptors (Lipinski definition) is 6. The molecule has 1 fully saturated rings. The van der Waals surface area contributed by atoms with E-state index in [-0.39, 0.29) is 21.7 Å². The van der Waals surface area contributed by atoms with Crippen LogP contribution >= 0.6 is 22.9 Å². The monoisotopic (exact) mass is 476 g/mol. The van der Waals surface area contributed by atoms with Crippen molar-refractivity contribution >= 4 is 44.6 Å². The number of aryl methyl sites for hydroxylation is 1. The van der Waals surface area contributed by atoms with E-state index < -0.39 is 10.0 Å². The molecule has 2 aromatic carbocycles. The van der Waals surface area contributed by atoms with Gasteiger partial charge in [-0.3, -0.25) is 4.79 Å². The van der Waals surface area contributed by atoms with Crippen LogP contribution in [-0.4, -0.2) is 41.9 Å². The summed E-state index contributed by atoms with van der Waals surface area (Å²) in [4.78, 5) is 12.8. The maximum absolute atomic E-state index is 13.0. The lowest BCUT2D eigenvalue weighted by atomic mass is 10.0. The summed E-state index contributed by atoms with van der Waals surface area (Å²) in [6, 6.07) is 13.7. The first-order valence-electron chi connectivity index (χ1n) is 9.80. The molecule has 0 unspecified atom stereocenters. The van der Waals surface area contributed by atoms with Gasteiger partial charge in [0.2, 0.25) is 15.0 Å². The number of carbonyl (C=O) groups is 1. The molecular formula is C21H21ClN4O3S2. The molecule has 1 amide bonds. The second kappa shape index (κ2) is 9.04. The number of carbonyl (C=O) groups excluding carboxylic acids is 1. The van der Waals surface area contributed by atoms with Crippen molar-refractivity contribution in [3.05, 3.63) is 69.1 Å². The first-order chi connectivity index (χ1) is 14.8. The molecule has 1 aliphatic heterocycles. The van der Waals surface area contributed by atoms with E-state index in [1.807, 2.05) is 6.92 Å². The lowest BCUT2D eigenvalue weighted by Gasteiger charge is -2.30. The fourth-order valence-electron chi connectivity index (χ4n) is 3.46. The Balaban J connectivity index is 1.47. The normalized spacial score (nSPS) is 17.4. The van der Waals surface area contributed by atoms with Gasteiger partial charge in [0.15, 0.2) is 0 Å². The van der Waals surface area contributed by atoms with Gasteiger partial charge in [-0.1, -0.05) is 46.7 Å². The van der Waals surface area contributed by atoms with Crippen molar-refractivity contribution in [2.24, 2.45) is 0 Å². The molecule has 3 aromatic rings. The van der Waals surface area contributed by atoms with E-state index in [1.54, 1.807) is 48.5 Å². The summed E-state index contributed by atoms with van der Waals surface area (Å²) in [7, 11) is -3.58. The molecular weight excluding hydrogens is 456 g/mol. The highest BCUT2D eigenvalue weighted by molar-refractivity contribution is 7.89. The van der Waals surface area contributed by atoms with E-state index >= 15 is 0 Å². The molecule has 1 aliphatic rings. The highest BCUT2D eigenvalue weighted by Gasteiger charge is 2.32. The van der Waals surface area contributed by atoms with E-state index in [9.17, 15) is 13.2 Å². The van der Waals surface area contributed by atoms with Gasteiger partial charge in [-0.05, 0) is 50.1 Å². The number of aromatic nitrogens is 2. The second-order valence-corrected chi connectivity index (χ2v) is 10.8. The van der Waals surface area contributed by atoms with Gasteiger partial charge in [0.25, 0.3) is 5.91 Å². The number of amides is 1. The predicted molar refractivity (Wildman–Crippen MR) is 121 cm³/mol. The molecule has 10 heteroatoms. The number of rotatable bonds is 5. The van der Waals surface area contributed by atoms with E-state index in [0.29, 0.717) is 28.8 Å². The van der Waals surface area contributed by atoms with Crippen LogP contribution in [0.25, 0.3) is 0 Å². The third-order valence-electron chi connectivity index (χ3n) is 5.11. The Kier molecular flexibility index (Phi) is 6.38. The molecule has 0 saturated carbocycles. The van der Waals surface area contributed by atoms with Crippen LogP contribution in [0.5, 0.6) is 0 Å². The summed E-state index contributed by atoms with van der Waals surface area (Å²) in [5.74, 6) is -0.467. The fourth-order valence-corrected chi connectivity index (χ4v) is 6.04. The number of piperidine rings is 1. The van der Waals surface area contributed by atoms with E-state index in [4.69, 9.17) is 11.6 Å². The van der Waals surface area contributed by atoms with E-state index in [2.05, 4.69) is 15.5 Å². The van der Waals surface area contributed by atoms with Gasteiger partial charge in [0.05, 0.1) is 4.90 Å². The molecule has 2 heterocycles. The number of hydrogen-bond donors (Lipinski definition) is 1. The van der Waals surface area contributed by atoms with Crippen LogP contribution in [0.4, 0.5) is 5.69 Å². The Morgan fingerprint density at radius 1 is 1.19 bits per heavy atom. The number of nitrogens with zero attached hydrogens (tertiary/aromatic N) is 3. The number of benzene rings is 2. The molecule has 0 bridgehead atoms. The average molecular weight is 477 g/mol. The largest absolute Gasteiger partial charge is 0.320 e. The summed E-state index contributed by atoms with van der Waals surface area (Å²) in [5.41, 5.74) is 1.58. The quantitative estimate of drug-likeness (QED) is 0.592. The summed E-state index contributed by atoms with van der Waals surface area (Å²) >= 11 is 7.14. The van der Waals surface area contributed by atoms with Gasteiger partial charge in [0, 0.05) is 29.7 Å². The molecule has 4 rings (SSSR count). The molecule has 0 radical (unpaired) electrons. The Hall–Kier alpha value is -2.33. The zero-order valence-electron chi connectivity index (χ0n) is 16.8. The predicted octanol–water partition coefficient (Wildman–Crippen LogP) is 4.32.